The molecule has 18 heavy (non-hydrogen) atoms. The Kier molecular flexibility index (Phi) is 5.50. The van der Waals surface area contributed by atoms with Crippen molar-refractivity contribution in [2.45, 2.75) is 71.4 Å². The van der Waals surface area contributed by atoms with E-state index in [1.165, 1.54) is 58.2 Å². The number of hydrogen-bond donors (Lipinski definition) is 1. The first kappa shape index (κ1) is 14.3. The zero-order chi connectivity index (χ0) is 13.0. The summed E-state index contributed by atoms with van der Waals surface area (Å²) in [7, 11) is 0. The first-order valence-corrected chi connectivity index (χ1v) is 8.14. The first-order chi connectivity index (χ1) is 8.66. The molecule has 0 bridgehead atoms. The Labute approximate surface area is 114 Å². The molecule has 1 N–H and O–H groups in total. The van der Waals surface area contributed by atoms with Gasteiger partial charge in [-0.05, 0) is 70.9 Å². The third-order valence-corrected chi connectivity index (χ3v) is 5.02. The van der Waals surface area contributed by atoms with Crippen molar-refractivity contribution in [2.75, 3.05) is 19.6 Å². The number of nitrogens with one attached hydrogen (secondary N) is 1. The molecule has 0 aromatic rings. The van der Waals surface area contributed by atoms with Crippen molar-refractivity contribution in [1.29, 1.82) is 0 Å². The highest BCUT2D eigenvalue weighted by Crippen LogP contribution is 2.27. The molecule has 0 aromatic heterocycles. The highest BCUT2D eigenvalue weighted by molar-refractivity contribution is 4.82. The van der Waals surface area contributed by atoms with Crippen LogP contribution in [0.15, 0.2) is 0 Å². The Balaban J connectivity index is 1.77. The lowest BCUT2D eigenvalue weighted by Gasteiger charge is -2.38. The predicted octanol–water partition coefficient (Wildman–Crippen LogP) is 3.28. The molecule has 3 atom stereocenters. The molecule has 0 amide bonds. The van der Waals surface area contributed by atoms with E-state index in [4.69, 9.17) is 0 Å². The van der Waals surface area contributed by atoms with E-state index >= 15 is 0 Å². The molecule has 0 aromatic carbocycles. The fourth-order valence-electron chi connectivity index (χ4n) is 3.81. The molecule has 2 aliphatic rings. The van der Waals surface area contributed by atoms with E-state index in [0.717, 1.165) is 23.9 Å². The molecule has 2 nitrogen and oxygen atoms in total. The van der Waals surface area contributed by atoms with Crippen LogP contribution in [0, 0.1) is 11.8 Å². The minimum absolute atomic E-state index is 0.732. The molecule has 106 valence electrons. The van der Waals surface area contributed by atoms with Crippen LogP contribution >= 0.6 is 0 Å². The number of rotatable bonds is 4. The molecule has 2 aliphatic heterocycles. The summed E-state index contributed by atoms with van der Waals surface area (Å²) in [6, 6.07) is 1.53. The lowest BCUT2D eigenvalue weighted by molar-refractivity contribution is 0.120. The average molecular weight is 252 g/mol. The monoisotopic (exact) mass is 252 g/mol. The summed E-state index contributed by atoms with van der Waals surface area (Å²) in [6.07, 6.45) is 8.52. The minimum atomic E-state index is 0.732. The smallest absolute Gasteiger partial charge is 0.00928 e. The van der Waals surface area contributed by atoms with Crippen LogP contribution in [0.5, 0.6) is 0 Å². The van der Waals surface area contributed by atoms with E-state index in [1.54, 1.807) is 0 Å². The van der Waals surface area contributed by atoms with Gasteiger partial charge in [0.1, 0.15) is 0 Å². The maximum Gasteiger partial charge on any atom is 0.00928 e. The second-order valence-electron chi connectivity index (χ2n) is 6.87. The number of nitrogens with zero attached hydrogens (tertiary/aromatic N) is 1. The van der Waals surface area contributed by atoms with Crippen LogP contribution < -0.4 is 5.32 Å². The quantitative estimate of drug-likeness (QED) is 0.826. The van der Waals surface area contributed by atoms with Gasteiger partial charge in [-0.1, -0.05) is 13.3 Å². The molecule has 0 aliphatic carbocycles. The minimum Gasteiger partial charge on any atom is -0.314 e. The van der Waals surface area contributed by atoms with Gasteiger partial charge in [-0.3, -0.25) is 0 Å². The first-order valence-electron chi connectivity index (χ1n) is 8.14. The van der Waals surface area contributed by atoms with Crippen LogP contribution in [0.4, 0.5) is 0 Å². The van der Waals surface area contributed by atoms with Crippen LogP contribution in [0.2, 0.25) is 0 Å². The topological polar surface area (TPSA) is 15.3 Å². The summed E-state index contributed by atoms with van der Waals surface area (Å²) in [5.74, 6) is 1.81. The fourth-order valence-corrected chi connectivity index (χ4v) is 3.81. The van der Waals surface area contributed by atoms with Gasteiger partial charge in [0.05, 0.1) is 0 Å². The zero-order valence-electron chi connectivity index (χ0n) is 12.6. The largest absolute Gasteiger partial charge is 0.314 e. The molecular formula is C16H32N2. The summed E-state index contributed by atoms with van der Waals surface area (Å²) < 4.78 is 0. The maximum atomic E-state index is 3.73. The molecule has 2 heterocycles. The summed E-state index contributed by atoms with van der Waals surface area (Å²) in [5.41, 5.74) is 0. The second-order valence-corrected chi connectivity index (χ2v) is 6.87. The number of likely N-dealkylation sites (tertiary alicyclic amines) is 1. The van der Waals surface area contributed by atoms with Gasteiger partial charge in [0, 0.05) is 18.6 Å². The van der Waals surface area contributed by atoms with Crippen LogP contribution in [-0.4, -0.2) is 36.6 Å². The van der Waals surface area contributed by atoms with Gasteiger partial charge >= 0.3 is 0 Å². The van der Waals surface area contributed by atoms with Gasteiger partial charge < -0.3 is 10.2 Å². The zero-order valence-corrected chi connectivity index (χ0v) is 12.6. The Morgan fingerprint density at radius 3 is 2.61 bits per heavy atom. The van der Waals surface area contributed by atoms with E-state index < -0.39 is 0 Å². The van der Waals surface area contributed by atoms with E-state index in [2.05, 4.69) is 31.0 Å². The maximum absolute atomic E-state index is 3.73. The van der Waals surface area contributed by atoms with Crippen molar-refractivity contribution in [3.63, 3.8) is 0 Å². The lowest BCUT2D eigenvalue weighted by Crippen LogP contribution is -2.43. The van der Waals surface area contributed by atoms with Gasteiger partial charge in [0.15, 0.2) is 0 Å². The van der Waals surface area contributed by atoms with Crippen molar-refractivity contribution in [3.05, 3.63) is 0 Å². The highest BCUT2D eigenvalue weighted by Gasteiger charge is 2.26. The van der Waals surface area contributed by atoms with Crippen molar-refractivity contribution in [1.82, 2.24) is 10.2 Å². The molecule has 2 rings (SSSR count). The molecule has 0 saturated carbocycles. The third-order valence-electron chi connectivity index (χ3n) is 5.02. The van der Waals surface area contributed by atoms with Crippen molar-refractivity contribution < 1.29 is 0 Å². The molecule has 2 saturated heterocycles. The Morgan fingerprint density at radius 1 is 1.11 bits per heavy atom. The average Bonchev–Trinajstić information content (AvgIpc) is 2.40. The van der Waals surface area contributed by atoms with Crippen LogP contribution in [-0.2, 0) is 0 Å². The lowest BCUT2D eigenvalue weighted by atomic mass is 9.83. The third kappa shape index (κ3) is 3.96. The molecule has 0 spiro atoms. The highest BCUT2D eigenvalue weighted by atomic mass is 15.2. The van der Waals surface area contributed by atoms with Gasteiger partial charge in [-0.2, -0.15) is 0 Å². The predicted molar refractivity (Wildman–Crippen MR) is 78.9 cm³/mol. The number of hydrogen-bond acceptors (Lipinski definition) is 2. The van der Waals surface area contributed by atoms with Crippen molar-refractivity contribution >= 4 is 0 Å². The van der Waals surface area contributed by atoms with Gasteiger partial charge in [-0.25, -0.2) is 0 Å². The Bertz CT molecular complexity index is 233. The molecule has 2 heteroatoms. The normalized spacial score (nSPS) is 32.7. The van der Waals surface area contributed by atoms with Gasteiger partial charge in [0.25, 0.3) is 0 Å². The molecular weight excluding hydrogens is 220 g/mol. The summed E-state index contributed by atoms with van der Waals surface area (Å²) in [5, 5.41) is 3.73. The van der Waals surface area contributed by atoms with Gasteiger partial charge in [-0.15, -0.1) is 0 Å². The van der Waals surface area contributed by atoms with Crippen molar-refractivity contribution in [3.8, 4) is 0 Å². The Morgan fingerprint density at radius 2 is 1.94 bits per heavy atom. The molecule has 2 fully saturated rings. The van der Waals surface area contributed by atoms with E-state index in [1.807, 2.05) is 0 Å². The molecule has 0 radical (unpaired) electrons. The van der Waals surface area contributed by atoms with E-state index in [9.17, 15) is 0 Å². The summed E-state index contributed by atoms with van der Waals surface area (Å²) in [6.45, 7) is 11.1. The fraction of sp³-hybridized carbons (Fsp3) is 1.00. The van der Waals surface area contributed by atoms with Crippen LogP contribution in [0.1, 0.15) is 59.3 Å². The standard InChI is InChI=1S/C16H32N2/c1-13(2)18-10-6-7-15(12-18)11-14(3)16-8-4-5-9-17-16/h13-17H,4-12H2,1-3H3. The second kappa shape index (κ2) is 6.91. The Hall–Kier alpha value is -0.0800. The van der Waals surface area contributed by atoms with Crippen molar-refractivity contribution in [2.24, 2.45) is 11.8 Å². The summed E-state index contributed by atoms with van der Waals surface area (Å²) >= 11 is 0. The van der Waals surface area contributed by atoms with Crippen LogP contribution in [0.3, 0.4) is 0 Å². The SMILES string of the molecule is CC(CC1CCCN(C(C)C)C1)C1CCCCN1. The molecule has 3 unspecified atom stereocenters. The number of piperidine rings is 2. The van der Waals surface area contributed by atoms with E-state index in [0.29, 0.717) is 0 Å². The van der Waals surface area contributed by atoms with E-state index in [-0.39, 0.29) is 0 Å². The summed E-state index contributed by atoms with van der Waals surface area (Å²) in [4.78, 5) is 2.68. The van der Waals surface area contributed by atoms with Crippen LogP contribution in [0.25, 0.3) is 0 Å². The van der Waals surface area contributed by atoms with Gasteiger partial charge in [0.2, 0.25) is 0 Å².